The van der Waals surface area contributed by atoms with Crippen molar-refractivity contribution in [3.8, 4) is 0 Å². The summed E-state index contributed by atoms with van der Waals surface area (Å²) in [5.41, 5.74) is 11.8. The maximum Gasteiger partial charge on any atom is 0.0618 e. The zero-order valence-corrected chi connectivity index (χ0v) is 10.5. The van der Waals surface area contributed by atoms with Crippen LogP contribution in [0.5, 0.6) is 0 Å². The van der Waals surface area contributed by atoms with Crippen molar-refractivity contribution in [1.82, 2.24) is 0 Å². The second kappa shape index (κ2) is 9.13. The molecule has 0 aliphatic carbocycles. The van der Waals surface area contributed by atoms with Crippen LogP contribution in [0.1, 0.15) is 46.5 Å². The SMILES string of the molecule is CCCC[C@H](N)COC[C@H](N)CC(C)C. The van der Waals surface area contributed by atoms with Gasteiger partial charge >= 0.3 is 0 Å². The topological polar surface area (TPSA) is 61.3 Å². The fourth-order valence-corrected chi connectivity index (χ4v) is 1.59. The van der Waals surface area contributed by atoms with Gasteiger partial charge in [-0.2, -0.15) is 0 Å². The van der Waals surface area contributed by atoms with Crippen LogP contribution in [-0.4, -0.2) is 25.3 Å². The Kier molecular flexibility index (Phi) is 9.06. The second-order valence-corrected chi connectivity index (χ2v) is 4.83. The van der Waals surface area contributed by atoms with Crippen LogP contribution in [0.2, 0.25) is 0 Å². The highest BCUT2D eigenvalue weighted by Gasteiger charge is 2.07. The average molecular weight is 216 g/mol. The van der Waals surface area contributed by atoms with Crippen molar-refractivity contribution < 1.29 is 4.74 Å². The lowest BCUT2D eigenvalue weighted by atomic mass is 10.1. The zero-order valence-electron chi connectivity index (χ0n) is 10.5. The number of unbranched alkanes of at least 4 members (excludes halogenated alkanes) is 1. The minimum Gasteiger partial charge on any atom is -0.378 e. The molecule has 92 valence electrons. The van der Waals surface area contributed by atoms with Crippen LogP contribution in [0, 0.1) is 5.92 Å². The normalized spacial score (nSPS) is 15.6. The molecule has 0 saturated carbocycles. The van der Waals surface area contributed by atoms with Gasteiger partial charge in [-0.05, 0) is 18.8 Å². The molecule has 0 spiro atoms. The quantitative estimate of drug-likeness (QED) is 0.619. The molecule has 0 amide bonds. The summed E-state index contributed by atoms with van der Waals surface area (Å²) < 4.78 is 5.51. The summed E-state index contributed by atoms with van der Waals surface area (Å²) in [5.74, 6) is 0.636. The molecule has 0 aromatic rings. The predicted octanol–water partition coefficient (Wildman–Crippen LogP) is 1.89. The number of hydrogen-bond acceptors (Lipinski definition) is 3. The van der Waals surface area contributed by atoms with Gasteiger partial charge in [0, 0.05) is 12.1 Å². The largest absolute Gasteiger partial charge is 0.378 e. The van der Waals surface area contributed by atoms with Gasteiger partial charge in [-0.3, -0.25) is 0 Å². The van der Waals surface area contributed by atoms with E-state index in [0.29, 0.717) is 19.1 Å². The lowest BCUT2D eigenvalue weighted by molar-refractivity contribution is 0.101. The Bertz CT molecular complexity index is 140. The Labute approximate surface area is 94.5 Å². The molecular formula is C12H28N2O. The summed E-state index contributed by atoms with van der Waals surface area (Å²) in [7, 11) is 0. The van der Waals surface area contributed by atoms with Gasteiger partial charge < -0.3 is 16.2 Å². The molecule has 4 N–H and O–H groups in total. The van der Waals surface area contributed by atoms with Crippen LogP contribution in [-0.2, 0) is 4.74 Å². The fourth-order valence-electron chi connectivity index (χ4n) is 1.59. The minimum atomic E-state index is 0.156. The smallest absolute Gasteiger partial charge is 0.0618 e. The van der Waals surface area contributed by atoms with E-state index in [0.717, 1.165) is 12.8 Å². The Morgan fingerprint density at radius 2 is 1.67 bits per heavy atom. The molecule has 0 aromatic carbocycles. The molecule has 0 radical (unpaired) electrons. The molecule has 0 aliphatic rings. The zero-order chi connectivity index (χ0) is 11.7. The standard InChI is InChI=1S/C12H28N2O/c1-4-5-6-11(13)8-15-9-12(14)7-10(2)3/h10-12H,4-9,13-14H2,1-3H3/t11-,12+/m0/s1. The number of nitrogens with two attached hydrogens (primary N) is 2. The van der Waals surface area contributed by atoms with Crippen molar-refractivity contribution in [3.05, 3.63) is 0 Å². The first kappa shape index (κ1) is 14.9. The van der Waals surface area contributed by atoms with Gasteiger partial charge in [0.15, 0.2) is 0 Å². The molecule has 0 aliphatic heterocycles. The lowest BCUT2D eigenvalue weighted by Gasteiger charge is -2.16. The fraction of sp³-hybridized carbons (Fsp3) is 1.00. The number of ether oxygens (including phenoxy) is 1. The van der Waals surface area contributed by atoms with E-state index >= 15 is 0 Å². The molecule has 0 unspecified atom stereocenters. The van der Waals surface area contributed by atoms with Gasteiger partial charge in [-0.15, -0.1) is 0 Å². The van der Waals surface area contributed by atoms with Gasteiger partial charge in [0.1, 0.15) is 0 Å². The highest BCUT2D eigenvalue weighted by molar-refractivity contribution is 4.64. The van der Waals surface area contributed by atoms with Gasteiger partial charge in [-0.1, -0.05) is 33.6 Å². The second-order valence-electron chi connectivity index (χ2n) is 4.83. The first-order chi connectivity index (χ1) is 7.06. The molecule has 0 aromatic heterocycles. The van der Waals surface area contributed by atoms with Crippen LogP contribution in [0.25, 0.3) is 0 Å². The lowest BCUT2D eigenvalue weighted by Crippen LogP contribution is -2.32. The average Bonchev–Trinajstić information content (AvgIpc) is 2.13. The molecule has 0 saturated heterocycles. The maximum atomic E-state index is 5.90. The van der Waals surface area contributed by atoms with Crippen LogP contribution < -0.4 is 11.5 Å². The van der Waals surface area contributed by atoms with Crippen LogP contribution in [0.3, 0.4) is 0 Å². The van der Waals surface area contributed by atoms with Crippen LogP contribution in [0.4, 0.5) is 0 Å². The van der Waals surface area contributed by atoms with Crippen molar-refractivity contribution in [1.29, 1.82) is 0 Å². The number of rotatable bonds is 9. The van der Waals surface area contributed by atoms with E-state index in [1.165, 1.54) is 12.8 Å². The highest BCUT2D eigenvalue weighted by Crippen LogP contribution is 2.03. The van der Waals surface area contributed by atoms with Crippen molar-refractivity contribution in [2.24, 2.45) is 17.4 Å². The summed E-state index contributed by atoms with van der Waals surface area (Å²) in [4.78, 5) is 0. The van der Waals surface area contributed by atoms with Crippen molar-refractivity contribution in [2.75, 3.05) is 13.2 Å². The molecule has 0 bridgehead atoms. The van der Waals surface area contributed by atoms with E-state index in [9.17, 15) is 0 Å². The molecule has 0 heterocycles. The van der Waals surface area contributed by atoms with Crippen LogP contribution >= 0.6 is 0 Å². The van der Waals surface area contributed by atoms with Gasteiger partial charge in [0.05, 0.1) is 13.2 Å². The third-order valence-corrected chi connectivity index (χ3v) is 2.37. The highest BCUT2D eigenvalue weighted by atomic mass is 16.5. The Morgan fingerprint density at radius 1 is 1.07 bits per heavy atom. The van der Waals surface area contributed by atoms with E-state index in [2.05, 4.69) is 20.8 Å². The van der Waals surface area contributed by atoms with E-state index < -0.39 is 0 Å². The Balaban J connectivity index is 3.35. The minimum absolute atomic E-state index is 0.156. The third kappa shape index (κ3) is 10.2. The Hall–Kier alpha value is -0.120. The van der Waals surface area contributed by atoms with Crippen molar-refractivity contribution in [3.63, 3.8) is 0 Å². The van der Waals surface area contributed by atoms with E-state index in [1.807, 2.05) is 0 Å². The summed E-state index contributed by atoms with van der Waals surface area (Å²) >= 11 is 0. The molecule has 2 atom stereocenters. The van der Waals surface area contributed by atoms with Gasteiger partial charge in [0.25, 0.3) is 0 Å². The van der Waals surface area contributed by atoms with Crippen LogP contribution in [0.15, 0.2) is 0 Å². The predicted molar refractivity (Wildman–Crippen MR) is 65.7 cm³/mol. The monoisotopic (exact) mass is 216 g/mol. The first-order valence-electron chi connectivity index (χ1n) is 6.15. The molecule has 0 fully saturated rings. The summed E-state index contributed by atoms with van der Waals surface area (Å²) in [6.45, 7) is 7.80. The summed E-state index contributed by atoms with van der Waals surface area (Å²) in [6, 6.07) is 0.333. The van der Waals surface area contributed by atoms with Crippen molar-refractivity contribution in [2.45, 2.75) is 58.5 Å². The van der Waals surface area contributed by atoms with E-state index in [4.69, 9.17) is 16.2 Å². The van der Waals surface area contributed by atoms with Gasteiger partial charge in [-0.25, -0.2) is 0 Å². The third-order valence-electron chi connectivity index (χ3n) is 2.37. The molecule has 0 rings (SSSR count). The summed E-state index contributed by atoms with van der Waals surface area (Å²) in [6.07, 6.45) is 4.45. The Morgan fingerprint density at radius 3 is 2.20 bits per heavy atom. The summed E-state index contributed by atoms with van der Waals surface area (Å²) in [5, 5.41) is 0. The molecule has 3 nitrogen and oxygen atoms in total. The molecule has 3 heteroatoms. The number of hydrogen-bond donors (Lipinski definition) is 2. The van der Waals surface area contributed by atoms with Crippen molar-refractivity contribution >= 4 is 0 Å². The molecule has 15 heavy (non-hydrogen) atoms. The molecular weight excluding hydrogens is 188 g/mol. The first-order valence-corrected chi connectivity index (χ1v) is 6.15. The maximum absolute atomic E-state index is 5.90. The van der Waals surface area contributed by atoms with Gasteiger partial charge in [0.2, 0.25) is 0 Å². The van der Waals surface area contributed by atoms with E-state index in [-0.39, 0.29) is 12.1 Å². The van der Waals surface area contributed by atoms with E-state index in [1.54, 1.807) is 0 Å².